The average Bonchev–Trinajstić information content (AvgIpc) is 3.31. The number of ether oxygens (including phenoxy) is 1. The number of benzene rings is 2. The van der Waals surface area contributed by atoms with E-state index >= 15 is 0 Å². The van der Waals surface area contributed by atoms with Gasteiger partial charge in [0.15, 0.2) is 17.2 Å². The van der Waals surface area contributed by atoms with Crippen molar-refractivity contribution in [2.75, 3.05) is 12.8 Å². The first kappa shape index (κ1) is 26.9. The monoisotopic (exact) mass is 537 g/mol. The van der Waals surface area contributed by atoms with Crippen LogP contribution in [0.4, 0.5) is 5.69 Å². The predicted octanol–water partition coefficient (Wildman–Crippen LogP) is 3.37. The van der Waals surface area contributed by atoms with Crippen LogP contribution in [-0.4, -0.2) is 45.3 Å². The number of aromatic nitrogens is 1. The zero-order valence-corrected chi connectivity index (χ0v) is 21.9. The van der Waals surface area contributed by atoms with Crippen LogP contribution in [0.15, 0.2) is 48.5 Å². The Morgan fingerprint density at radius 3 is 2.50 bits per heavy atom. The normalized spacial score (nSPS) is 14.4. The van der Waals surface area contributed by atoms with E-state index in [-0.39, 0.29) is 46.3 Å². The number of anilines is 1. The zero-order valence-electron chi connectivity index (χ0n) is 21.1. The number of nitrogens with zero attached hydrogens (tertiary/aromatic N) is 2. The van der Waals surface area contributed by atoms with E-state index in [1.165, 1.54) is 24.1 Å². The Morgan fingerprint density at radius 2 is 1.87 bits per heavy atom. The van der Waals surface area contributed by atoms with Crippen molar-refractivity contribution in [3.05, 3.63) is 70.2 Å². The number of amides is 3. The van der Waals surface area contributed by atoms with Gasteiger partial charge in [0.05, 0.1) is 12.8 Å². The van der Waals surface area contributed by atoms with Crippen molar-refractivity contribution in [3.63, 3.8) is 0 Å². The summed E-state index contributed by atoms with van der Waals surface area (Å²) in [6.45, 7) is 0.0643. The number of methoxy groups -OCH3 is 1. The second-order valence-electron chi connectivity index (χ2n) is 9.23. The molecule has 4 rings (SSSR count). The number of aromatic hydroxyl groups is 1. The van der Waals surface area contributed by atoms with Crippen LogP contribution < -0.4 is 21.5 Å². The van der Waals surface area contributed by atoms with E-state index in [4.69, 9.17) is 16.2 Å². The van der Waals surface area contributed by atoms with Gasteiger partial charge in [-0.3, -0.25) is 14.4 Å². The third-order valence-corrected chi connectivity index (χ3v) is 7.49. The first-order valence-electron chi connectivity index (χ1n) is 12.4. The number of hydrogen-bond donors (Lipinski definition) is 4. The molecule has 1 fully saturated rings. The predicted molar refractivity (Wildman–Crippen MR) is 144 cm³/mol. The molecule has 2 aromatic carbocycles. The Hall–Kier alpha value is -4.12. The topological polar surface area (TPSA) is 161 Å². The number of phenols is 1. The SMILES string of the molecule is COc1cc(C(C(=O)NC2CCCCC2)N(Cc2ccccc2)C(=O)c2snc(C(N)=O)c2N)ccc1O. The molecular weight excluding hydrogens is 506 g/mol. The number of carbonyl (C=O) groups is 3. The van der Waals surface area contributed by atoms with Crippen LogP contribution in [0.3, 0.4) is 0 Å². The number of phenolic OH excluding ortho intramolecular Hbond substituents is 1. The molecule has 6 N–H and O–H groups in total. The molecule has 1 heterocycles. The number of nitrogen functional groups attached to an aromatic ring is 1. The van der Waals surface area contributed by atoms with Crippen LogP contribution in [0.1, 0.15) is 69.4 Å². The number of nitrogens with two attached hydrogens (primary N) is 2. The Balaban J connectivity index is 1.81. The van der Waals surface area contributed by atoms with Gasteiger partial charge in [0.25, 0.3) is 11.8 Å². The standard InChI is InChI=1S/C27H31N5O5S/c1-37-20-14-17(12-13-19(20)33)23(26(35)30-18-10-6-3-7-11-18)32(15-16-8-4-2-5-9-16)27(36)24-21(28)22(25(29)34)31-38-24/h2,4-5,8-9,12-14,18,23,33H,3,6-7,10-11,15,28H2,1H3,(H2,29,34)(H,30,35). The number of nitrogens with one attached hydrogen (secondary N) is 1. The third-order valence-electron chi connectivity index (χ3n) is 6.64. The van der Waals surface area contributed by atoms with Gasteiger partial charge in [0, 0.05) is 12.6 Å². The molecule has 1 unspecified atom stereocenters. The molecule has 38 heavy (non-hydrogen) atoms. The van der Waals surface area contributed by atoms with E-state index in [2.05, 4.69) is 9.69 Å². The minimum absolute atomic E-state index is 0.0101. The maximum absolute atomic E-state index is 14.0. The average molecular weight is 538 g/mol. The lowest BCUT2D eigenvalue weighted by atomic mass is 9.94. The molecule has 1 atom stereocenters. The van der Waals surface area contributed by atoms with Gasteiger partial charge >= 0.3 is 0 Å². The summed E-state index contributed by atoms with van der Waals surface area (Å²) in [5.41, 5.74) is 12.4. The van der Waals surface area contributed by atoms with E-state index < -0.39 is 17.9 Å². The number of primary amides is 1. The van der Waals surface area contributed by atoms with Crippen molar-refractivity contribution in [1.29, 1.82) is 0 Å². The molecule has 1 aliphatic carbocycles. The smallest absolute Gasteiger partial charge is 0.270 e. The summed E-state index contributed by atoms with van der Waals surface area (Å²) < 4.78 is 9.27. The highest BCUT2D eigenvalue weighted by Crippen LogP contribution is 2.35. The summed E-state index contributed by atoms with van der Waals surface area (Å²) in [6, 6.07) is 12.7. The summed E-state index contributed by atoms with van der Waals surface area (Å²) in [7, 11) is 1.41. The summed E-state index contributed by atoms with van der Waals surface area (Å²) in [5.74, 6) is -1.72. The van der Waals surface area contributed by atoms with Crippen LogP contribution in [0, 0.1) is 0 Å². The minimum Gasteiger partial charge on any atom is -0.504 e. The first-order valence-corrected chi connectivity index (χ1v) is 13.1. The summed E-state index contributed by atoms with van der Waals surface area (Å²) in [6.07, 6.45) is 4.86. The van der Waals surface area contributed by atoms with Crippen molar-refractivity contribution in [3.8, 4) is 11.5 Å². The van der Waals surface area contributed by atoms with Crippen LogP contribution in [0.25, 0.3) is 0 Å². The fourth-order valence-electron chi connectivity index (χ4n) is 4.68. The molecule has 3 amide bonds. The van der Waals surface area contributed by atoms with Gasteiger partial charge in [0.2, 0.25) is 5.91 Å². The molecule has 1 aromatic heterocycles. The van der Waals surface area contributed by atoms with Crippen molar-refractivity contribution in [2.24, 2.45) is 5.73 Å². The maximum atomic E-state index is 14.0. The molecule has 11 heteroatoms. The molecule has 0 bridgehead atoms. The second kappa shape index (κ2) is 12.0. The fraction of sp³-hybridized carbons (Fsp3) is 0.333. The zero-order chi connectivity index (χ0) is 27.2. The largest absolute Gasteiger partial charge is 0.504 e. The van der Waals surface area contributed by atoms with E-state index in [1.807, 2.05) is 30.3 Å². The molecule has 1 saturated carbocycles. The minimum atomic E-state index is -1.10. The van der Waals surface area contributed by atoms with Crippen molar-refractivity contribution in [1.82, 2.24) is 14.6 Å². The van der Waals surface area contributed by atoms with Gasteiger partial charge < -0.3 is 31.5 Å². The lowest BCUT2D eigenvalue weighted by molar-refractivity contribution is -0.127. The third kappa shape index (κ3) is 5.88. The van der Waals surface area contributed by atoms with Gasteiger partial charge in [0.1, 0.15) is 10.9 Å². The molecule has 10 nitrogen and oxygen atoms in total. The highest BCUT2D eigenvalue weighted by Gasteiger charge is 2.36. The number of rotatable bonds is 9. The van der Waals surface area contributed by atoms with Crippen LogP contribution in [-0.2, 0) is 11.3 Å². The van der Waals surface area contributed by atoms with Gasteiger partial charge in [-0.2, -0.15) is 4.37 Å². The Labute approximate surface area is 224 Å². The fourth-order valence-corrected chi connectivity index (χ4v) is 5.45. The summed E-state index contributed by atoms with van der Waals surface area (Å²) >= 11 is 0.758. The Kier molecular flexibility index (Phi) is 8.47. The van der Waals surface area contributed by atoms with E-state index in [9.17, 15) is 19.5 Å². The first-order chi connectivity index (χ1) is 18.3. The van der Waals surface area contributed by atoms with Gasteiger partial charge in [-0.25, -0.2) is 0 Å². The quantitative estimate of drug-likeness (QED) is 0.325. The molecule has 0 radical (unpaired) electrons. The molecule has 0 aliphatic heterocycles. The van der Waals surface area contributed by atoms with E-state index in [0.717, 1.165) is 49.2 Å². The lowest BCUT2D eigenvalue weighted by Crippen LogP contribution is -2.46. The molecule has 3 aromatic rings. The van der Waals surface area contributed by atoms with Crippen LogP contribution in [0.5, 0.6) is 11.5 Å². The highest BCUT2D eigenvalue weighted by atomic mass is 32.1. The number of hydrogen-bond acceptors (Lipinski definition) is 8. The molecular formula is C27H31N5O5S. The van der Waals surface area contributed by atoms with Crippen LogP contribution >= 0.6 is 11.5 Å². The maximum Gasteiger partial charge on any atom is 0.270 e. The summed E-state index contributed by atoms with van der Waals surface area (Å²) in [4.78, 5) is 41.2. The van der Waals surface area contributed by atoms with Crippen LogP contribution in [0.2, 0.25) is 0 Å². The van der Waals surface area contributed by atoms with Crippen molar-refractivity contribution in [2.45, 2.75) is 50.7 Å². The Morgan fingerprint density at radius 1 is 1.16 bits per heavy atom. The summed E-state index contributed by atoms with van der Waals surface area (Å²) in [5, 5.41) is 13.3. The molecule has 1 aliphatic rings. The van der Waals surface area contributed by atoms with E-state index in [0.29, 0.717) is 5.56 Å². The molecule has 0 saturated heterocycles. The van der Waals surface area contributed by atoms with Gasteiger partial charge in [-0.05, 0) is 47.6 Å². The molecule has 200 valence electrons. The van der Waals surface area contributed by atoms with Gasteiger partial charge in [-0.15, -0.1) is 0 Å². The second-order valence-corrected chi connectivity index (χ2v) is 10.0. The van der Waals surface area contributed by atoms with E-state index in [1.54, 1.807) is 6.07 Å². The van der Waals surface area contributed by atoms with Crippen molar-refractivity contribution < 1.29 is 24.2 Å². The van der Waals surface area contributed by atoms with Gasteiger partial charge in [-0.1, -0.05) is 55.7 Å². The van der Waals surface area contributed by atoms with Crippen molar-refractivity contribution >= 4 is 34.9 Å². The number of carbonyl (C=O) groups excluding carboxylic acids is 3. The Bertz CT molecular complexity index is 1310. The lowest BCUT2D eigenvalue weighted by Gasteiger charge is -2.33. The highest BCUT2D eigenvalue weighted by molar-refractivity contribution is 7.09. The molecule has 0 spiro atoms.